The highest BCUT2D eigenvalue weighted by Crippen LogP contribution is 2.68. The van der Waals surface area contributed by atoms with Crippen LogP contribution in [0.3, 0.4) is 0 Å². The summed E-state index contributed by atoms with van der Waals surface area (Å²) in [6.07, 6.45) is 13.0. The van der Waals surface area contributed by atoms with Crippen molar-refractivity contribution in [3.63, 3.8) is 0 Å². The summed E-state index contributed by atoms with van der Waals surface area (Å²) >= 11 is 0. The predicted molar refractivity (Wildman–Crippen MR) is 120 cm³/mol. The van der Waals surface area contributed by atoms with Crippen molar-refractivity contribution >= 4 is 0 Å². The summed E-state index contributed by atoms with van der Waals surface area (Å²) in [6, 6.07) is 0. The van der Waals surface area contributed by atoms with E-state index in [1.807, 2.05) is 0 Å². The first kappa shape index (κ1) is 21.1. The van der Waals surface area contributed by atoms with E-state index in [9.17, 15) is 10.2 Å². The molecule has 0 saturated heterocycles. The third-order valence-corrected chi connectivity index (χ3v) is 10.5. The highest BCUT2D eigenvalue weighted by molar-refractivity contribution is 5.30. The molecule has 4 aliphatic carbocycles. The number of fused-ring (bicyclic) bond motifs is 7. The van der Waals surface area contributed by atoms with Gasteiger partial charge in [0.2, 0.25) is 0 Å². The number of allylic oxidation sites excluding steroid dienone is 2. The standard InChI is InChI=1S/C27H42O3/c1-16(15-28)5-8-23-17(2)25-24(30-23)14-22-20-7-6-18-13-19(29)9-11-26(18,3)21(20)10-12-27(22,25)4/h6,16,19-22,24-25,28-29H,5,7-15H2,1-4H3. The number of hydrogen-bond donors (Lipinski definition) is 2. The largest absolute Gasteiger partial charge is 0.494 e. The van der Waals surface area contributed by atoms with Crippen LogP contribution in [0.1, 0.15) is 85.5 Å². The first-order chi connectivity index (χ1) is 14.3. The van der Waals surface area contributed by atoms with E-state index in [2.05, 4.69) is 33.8 Å². The highest BCUT2D eigenvalue weighted by Gasteiger charge is 2.63. The number of hydrogen-bond acceptors (Lipinski definition) is 3. The van der Waals surface area contributed by atoms with Crippen LogP contribution in [-0.4, -0.2) is 29.0 Å². The minimum atomic E-state index is -0.117. The van der Waals surface area contributed by atoms with E-state index in [4.69, 9.17) is 4.74 Å². The molecule has 30 heavy (non-hydrogen) atoms. The van der Waals surface area contributed by atoms with Crippen molar-refractivity contribution in [1.29, 1.82) is 0 Å². The molecule has 0 spiro atoms. The maximum Gasteiger partial charge on any atom is 0.106 e. The second-order valence-electron chi connectivity index (χ2n) is 12.0. The first-order valence-corrected chi connectivity index (χ1v) is 12.6. The molecule has 0 radical (unpaired) electrons. The van der Waals surface area contributed by atoms with Gasteiger partial charge in [0.05, 0.1) is 11.9 Å². The molecule has 1 heterocycles. The van der Waals surface area contributed by atoms with Gasteiger partial charge in [-0.15, -0.1) is 0 Å². The molecular formula is C27H42O3. The third kappa shape index (κ3) is 2.98. The zero-order valence-corrected chi connectivity index (χ0v) is 19.5. The second kappa shape index (κ2) is 7.37. The molecule has 0 aromatic carbocycles. The predicted octanol–water partition coefficient (Wildman–Crippen LogP) is 5.62. The number of rotatable bonds is 4. The van der Waals surface area contributed by atoms with Gasteiger partial charge in [0.25, 0.3) is 0 Å². The quantitative estimate of drug-likeness (QED) is 0.587. The molecule has 0 bridgehead atoms. The Balaban J connectivity index is 1.38. The number of ether oxygens (including phenoxy) is 1. The Labute approximate surface area is 183 Å². The van der Waals surface area contributed by atoms with Crippen molar-refractivity contribution in [3.05, 3.63) is 23.0 Å². The minimum Gasteiger partial charge on any atom is -0.494 e. The van der Waals surface area contributed by atoms with Gasteiger partial charge in [-0.05, 0) is 98.4 Å². The fraction of sp³-hybridized carbons (Fsp3) is 0.852. The summed E-state index contributed by atoms with van der Waals surface area (Å²) in [4.78, 5) is 0. The first-order valence-electron chi connectivity index (χ1n) is 12.6. The van der Waals surface area contributed by atoms with Gasteiger partial charge in [-0.2, -0.15) is 0 Å². The molecule has 5 aliphatic rings. The summed E-state index contributed by atoms with van der Waals surface area (Å²) in [7, 11) is 0. The molecule has 5 rings (SSSR count). The molecule has 0 aromatic heterocycles. The van der Waals surface area contributed by atoms with Crippen molar-refractivity contribution < 1.29 is 14.9 Å². The SMILES string of the molecule is CC1=C(CCC(C)CO)OC2CC3C4CC=C5CC(O)CCC5(C)C4CCC3(C)C12. The molecule has 3 heteroatoms. The molecule has 3 nitrogen and oxygen atoms in total. The fourth-order valence-electron chi connectivity index (χ4n) is 8.69. The maximum atomic E-state index is 10.2. The smallest absolute Gasteiger partial charge is 0.106 e. The highest BCUT2D eigenvalue weighted by atomic mass is 16.5. The van der Waals surface area contributed by atoms with Gasteiger partial charge >= 0.3 is 0 Å². The molecule has 1 aliphatic heterocycles. The molecule has 0 aromatic rings. The average molecular weight is 415 g/mol. The van der Waals surface area contributed by atoms with Gasteiger partial charge < -0.3 is 14.9 Å². The third-order valence-electron chi connectivity index (χ3n) is 10.5. The van der Waals surface area contributed by atoms with Crippen molar-refractivity contribution in [3.8, 4) is 0 Å². The average Bonchev–Trinajstić information content (AvgIpc) is 3.20. The lowest BCUT2D eigenvalue weighted by molar-refractivity contribution is -0.0454. The summed E-state index contributed by atoms with van der Waals surface area (Å²) < 4.78 is 6.62. The van der Waals surface area contributed by atoms with Gasteiger partial charge in [-0.1, -0.05) is 32.4 Å². The lowest BCUT2D eigenvalue weighted by Gasteiger charge is -2.57. The molecular weight excluding hydrogens is 372 g/mol. The Kier molecular flexibility index (Phi) is 5.18. The Morgan fingerprint density at radius 2 is 2.00 bits per heavy atom. The summed E-state index contributed by atoms with van der Waals surface area (Å²) in [5.41, 5.74) is 3.78. The van der Waals surface area contributed by atoms with E-state index < -0.39 is 0 Å². The molecule has 3 saturated carbocycles. The van der Waals surface area contributed by atoms with Gasteiger partial charge in [-0.3, -0.25) is 0 Å². The van der Waals surface area contributed by atoms with Crippen LogP contribution < -0.4 is 0 Å². The molecule has 9 atom stereocenters. The Morgan fingerprint density at radius 1 is 1.20 bits per heavy atom. The van der Waals surface area contributed by atoms with E-state index in [1.165, 1.54) is 43.4 Å². The molecule has 0 amide bonds. The van der Waals surface area contributed by atoms with Gasteiger partial charge in [0.1, 0.15) is 6.10 Å². The Morgan fingerprint density at radius 3 is 2.77 bits per heavy atom. The molecule has 3 fully saturated rings. The van der Waals surface area contributed by atoms with E-state index in [-0.39, 0.29) is 12.7 Å². The lowest BCUT2D eigenvalue weighted by atomic mass is 9.47. The van der Waals surface area contributed by atoms with Crippen LogP contribution in [0.2, 0.25) is 0 Å². The van der Waals surface area contributed by atoms with Crippen LogP contribution >= 0.6 is 0 Å². The lowest BCUT2D eigenvalue weighted by Crippen LogP contribution is -2.50. The van der Waals surface area contributed by atoms with E-state index in [0.717, 1.165) is 43.4 Å². The summed E-state index contributed by atoms with van der Waals surface area (Å²) in [6.45, 7) is 9.83. The van der Waals surface area contributed by atoms with Crippen LogP contribution in [-0.2, 0) is 4.74 Å². The van der Waals surface area contributed by atoms with Crippen molar-refractivity contribution in [1.82, 2.24) is 0 Å². The topological polar surface area (TPSA) is 49.7 Å². The minimum absolute atomic E-state index is 0.117. The van der Waals surface area contributed by atoms with E-state index >= 15 is 0 Å². The zero-order valence-electron chi connectivity index (χ0n) is 19.5. The Hall–Kier alpha value is -0.800. The van der Waals surface area contributed by atoms with Crippen molar-refractivity contribution in [2.24, 2.45) is 40.4 Å². The van der Waals surface area contributed by atoms with Crippen molar-refractivity contribution in [2.45, 2.75) is 97.7 Å². The van der Waals surface area contributed by atoms with Gasteiger partial charge in [0.15, 0.2) is 0 Å². The molecule has 9 unspecified atom stereocenters. The summed E-state index contributed by atoms with van der Waals surface area (Å²) in [5, 5.41) is 19.6. The van der Waals surface area contributed by atoms with E-state index in [1.54, 1.807) is 5.57 Å². The number of aliphatic hydroxyl groups is 2. The van der Waals surface area contributed by atoms with Crippen LogP contribution in [0.25, 0.3) is 0 Å². The van der Waals surface area contributed by atoms with Crippen LogP contribution in [0.15, 0.2) is 23.0 Å². The van der Waals surface area contributed by atoms with Gasteiger partial charge in [0, 0.05) is 18.9 Å². The van der Waals surface area contributed by atoms with Crippen LogP contribution in [0.4, 0.5) is 0 Å². The van der Waals surface area contributed by atoms with Crippen LogP contribution in [0.5, 0.6) is 0 Å². The fourth-order valence-corrected chi connectivity index (χ4v) is 8.69. The Bertz CT molecular complexity index is 753. The van der Waals surface area contributed by atoms with E-state index in [0.29, 0.717) is 28.8 Å². The van der Waals surface area contributed by atoms with Crippen molar-refractivity contribution in [2.75, 3.05) is 6.61 Å². The molecule has 2 N–H and O–H groups in total. The molecule has 168 valence electrons. The monoisotopic (exact) mass is 414 g/mol. The normalized spacial score (nSPS) is 48.3. The summed E-state index contributed by atoms with van der Waals surface area (Å²) in [5.74, 6) is 4.52. The van der Waals surface area contributed by atoms with Crippen LogP contribution in [0, 0.1) is 40.4 Å². The zero-order chi connectivity index (χ0) is 21.3. The maximum absolute atomic E-state index is 10.2. The number of aliphatic hydroxyl groups excluding tert-OH is 2. The van der Waals surface area contributed by atoms with Gasteiger partial charge in [-0.25, -0.2) is 0 Å². The second-order valence-corrected chi connectivity index (χ2v) is 12.0.